The van der Waals surface area contributed by atoms with Crippen molar-refractivity contribution in [1.29, 1.82) is 0 Å². The van der Waals surface area contributed by atoms with Crippen LogP contribution in [-0.4, -0.2) is 23.9 Å². The molecule has 0 amide bonds. The Morgan fingerprint density at radius 1 is 1.04 bits per heavy atom. The number of ether oxygens (including phenoxy) is 1. The van der Waals surface area contributed by atoms with Crippen LogP contribution in [0.1, 0.15) is 16.8 Å². The molecule has 24 heavy (non-hydrogen) atoms. The summed E-state index contributed by atoms with van der Waals surface area (Å²) in [6.07, 6.45) is 5.25. The van der Waals surface area contributed by atoms with E-state index >= 15 is 0 Å². The number of rotatable bonds is 3. The number of methoxy groups -OCH3 is 1. The van der Waals surface area contributed by atoms with Gasteiger partial charge in [-0.25, -0.2) is 0 Å². The first-order valence-corrected chi connectivity index (χ1v) is 8.21. The highest BCUT2D eigenvalue weighted by molar-refractivity contribution is 6.14. The van der Waals surface area contributed by atoms with Gasteiger partial charge in [0, 0.05) is 24.5 Å². The molecule has 120 valence electrons. The van der Waals surface area contributed by atoms with Gasteiger partial charge in [0.25, 0.3) is 0 Å². The lowest BCUT2D eigenvalue weighted by atomic mass is 10.0. The molecule has 0 fully saturated rings. The molecule has 3 aromatic rings. The van der Waals surface area contributed by atoms with Crippen molar-refractivity contribution in [3.63, 3.8) is 0 Å². The molecule has 0 bridgehead atoms. The van der Waals surface area contributed by atoms with Crippen molar-refractivity contribution in [3.8, 4) is 5.75 Å². The van der Waals surface area contributed by atoms with E-state index in [9.17, 15) is 0 Å². The first-order chi connectivity index (χ1) is 11.8. The molecule has 1 aliphatic rings. The summed E-state index contributed by atoms with van der Waals surface area (Å²) in [4.78, 5) is 4.76. The maximum atomic E-state index is 5.21. The fourth-order valence-corrected chi connectivity index (χ4v) is 3.44. The van der Waals surface area contributed by atoms with Crippen molar-refractivity contribution in [1.82, 2.24) is 4.57 Å². The van der Waals surface area contributed by atoms with Crippen molar-refractivity contribution < 1.29 is 4.74 Å². The minimum Gasteiger partial charge on any atom is -0.497 e. The molecule has 0 unspecified atom stereocenters. The Balaban J connectivity index is 1.73. The van der Waals surface area contributed by atoms with Crippen molar-refractivity contribution in [3.05, 3.63) is 71.4 Å². The maximum absolute atomic E-state index is 5.21. The molecule has 3 nitrogen and oxygen atoms in total. The molecule has 2 heterocycles. The zero-order valence-electron chi connectivity index (χ0n) is 14.0. The summed E-state index contributed by atoms with van der Waals surface area (Å²) in [7, 11) is 3.81. The second-order valence-corrected chi connectivity index (χ2v) is 6.03. The number of nitrogens with zero attached hydrogens (tertiary/aromatic N) is 2. The molecule has 0 N–H and O–H groups in total. The topological polar surface area (TPSA) is 26.5 Å². The summed E-state index contributed by atoms with van der Waals surface area (Å²) in [5.41, 5.74) is 6.13. The van der Waals surface area contributed by atoms with Crippen LogP contribution in [0.15, 0.2) is 59.6 Å². The molecule has 0 saturated carbocycles. The number of para-hydroxylation sites is 1. The van der Waals surface area contributed by atoms with Gasteiger partial charge in [-0.2, -0.15) is 0 Å². The van der Waals surface area contributed by atoms with Crippen LogP contribution in [0, 0.1) is 0 Å². The predicted octanol–water partition coefficient (Wildman–Crippen LogP) is 4.25. The van der Waals surface area contributed by atoms with Gasteiger partial charge in [-0.15, -0.1) is 0 Å². The van der Waals surface area contributed by atoms with Crippen LogP contribution in [-0.2, 0) is 13.5 Å². The molecule has 3 heteroatoms. The number of hydrogen-bond acceptors (Lipinski definition) is 2. The number of allylic oxidation sites excluding steroid dienone is 1. The largest absolute Gasteiger partial charge is 0.497 e. The number of aromatic nitrogens is 1. The van der Waals surface area contributed by atoms with Crippen LogP contribution in [0.4, 0.5) is 0 Å². The average Bonchev–Trinajstić information content (AvgIpc) is 2.94. The van der Waals surface area contributed by atoms with Crippen molar-refractivity contribution in [2.24, 2.45) is 12.0 Å². The smallest absolute Gasteiger partial charge is 0.118 e. The second-order valence-electron chi connectivity index (χ2n) is 6.03. The molecule has 1 aliphatic heterocycles. The van der Waals surface area contributed by atoms with Gasteiger partial charge in [0.05, 0.1) is 18.5 Å². The molecule has 0 radical (unpaired) electrons. The molecule has 4 rings (SSSR count). The zero-order valence-corrected chi connectivity index (χ0v) is 14.0. The highest BCUT2D eigenvalue weighted by atomic mass is 16.5. The van der Waals surface area contributed by atoms with Crippen LogP contribution in [0.25, 0.3) is 17.0 Å². The van der Waals surface area contributed by atoms with Gasteiger partial charge < -0.3 is 9.30 Å². The quantitative estimate of drug-likeness (QED) is 0.709. The number of aliphatic imine (C=N–C) groups is 1. The fourth-order valence-electron chi connectivity index (χ4n) is 3.44. The molecule has 0 atom stereocenters. The number of fused-ring (bicyclic) bond motifs is 3. The third kappa shape index (κ3) is 2.42. The van der Waals surface area contributed by atoms with Gasteiger partial charge in [0.2, 0.25) is 0 Å². The van der Waals surface area contributed by atoms with E-state index in [1.807, 2.05) is 12.1 Å². The molecular weight excluding hydrogens is 296 g/mol. The lowest BCUT2D eigenvalue weighted by Crippen LogP contribution is -2.13. The van der Waals surface area contributed by atoms with Crippen LogP contribution >= 0.6 is 0 Å². The molecule has 0 aliphatic carbocycles. The summed E-state index contributed by atoms with van der Waals surface area (Å²) in [5.74, 6) is 0.873. The first-order valence-electron chi connectivity index (χ1n) is 8.21. The lowest BCUT2D eigenvalue weighted by molar-refractivity contribution is 0.415. The molecule has 2 aromatic carbocycles. The van der Waals surface area contributed by atoms with Gasteiger partial charge in [-0.3, -0.25) is 4.99 Å². The van der Waals surface area contributed by atoms with E-state index in [1.54, 1.807) is 7.11 Å². The van der Waals surface area contributed by atoms with Crippen LogP contribution < -0.4 is 4.74 Å². The van der Waals surface area contributed by atoms with E-state index in [2.05, 4.69) is 60.2 Å². The van der Waals surface area contributed by atoms with Crippen molar-refractivity contribution in [2.45, 2.75) is 6.42 Å². The van der Waals surface area contributed by atoms with E-state index in [0.717, 1.165) is 30.0 Å². The van der Waals surface area contributed by atoms with E-state index in [0.29, 0.717) is 0 Å². The van der Waals surface area contributed by atoms with Crippen LogP contribution in [0.5, 0.6) is 5.75 Å². The average molecular weight is 316 g/mol. The zero-order chi connectivity index (χ0) is 16.5. The normalized spacial score (nSPS) is 14.0. The predicted molar refractivity (Wildman–Crippen MR) is 100 cm³/mol. The van der Waals surface area contributed by atoms with Gasteiger partial charge in [-0.05, 0) is 41.8 Å². The van der Waals surface area contributed by atoms with Crippen molar-refractivity contribution in [2.75, 3.05) is 13.7 Å². The third-order valence-corrected chi connectivity index (χ3v) is 4.65. The maximum Gasteiger partial charge on any atom is 0.118 e. The Bertz CT molecular complexity index is 946. The Hall–Kier alpha value is -2.81. The standard InChI is InChI=1S/C21H20N2O/c1-23-20-6-4-3-5-17(20)18-13-14-22-19(21(18)23)12-9-15-7-10-16(24-2)11-8-15/h3-12H,13-14H2,1-2H3/b12-9+. The SMILES string of the molecule is COc1ccc(/C=C/C2=NCCc3c2n(C)c2ccccc32)cc1. The third-order valence-electron chi connectivity index (χ3n) is 4.65. The highest BCUT2D eigenvalue weighted by Crippen LogP contribution is 2.29. The number of benzene rings is 2. The summed E-state index contributed by atoms with van der Waals surface area (Å²) >= 11 is 0. The molecule has 0 spiro atoms. The van der Waals surface area contributed by atoms with Gasteiger partial charge in [0.1, 0.15) is 5.75 Å². The lowest BCUT2D eigenvalue weighted by Gasteiger charge is -2.13. The minimum atomic E-state index is 0.850. The van der Waals surface area contributed by atoms with E-state index in [-0.39, 0.29) is 0 Å². The Labute approximate surface area is 141 Å². The Kier molecular flexibility index (Phi) is 3.69. The highest BCUT2D eigenvalue weighted by Gasteiger charge is 2.20. The van der Waals surface area contributed by atoms with Crippen LogP contribution in [0.2, 0.25) is 0 Å². The second kappa shape index (κ2) is 6.00. The first kappa shape index (κ1) is 14.8. The summed E-state index contributed by atoms with van der Waals surface area (Å²) in [6.45, 7) is 0.850. The molecule has 1 aromatic heterocycles. The van der Waals surface area contributed by atoms with E-state index < -0.39 is 0 Å². The fraction of sp³-hybridized carbons (Fsp3) is 0.190. The van der Waals surface area contributed by atoms with Gasteiger partial charge >= 0.3 is 0 Å². The van der Waals surface area contributed by atoms with Gasteiger partial charge in [0.15, 0.2) is 0 Å². The Morgan fingerprint density at radius 2 is 1.83 bits per heavy atom. The Morgan fingerprint density at radius 3 is 2.62 bits per heavy atom. The minimum absolute atomic E-state index is 0.850. The monoisotopic (exact) mass is 316 g/mol. The molecule has 0 saturated heterocycles. The van der Waals surface area contributed by atoms with E-state index in [1.165, 1.54) is 22.2 Å². The van der Waals surface area contributed by atoms with Crippen LogP contribution in [0.3, 0.4) is 0 Å². The summed E-state index contributed by atoms with van der Waals surface area (Å²) in [6, 6.07) is 16.7. The van der Waals surface area contributed by atoms with Crippen molar-refractivity contribution >= 4 is 22.7 Å². The summed E-state index contributed by atoms with van der Waals surface area (Å²) in [5, 5.41) is 1.35. The summed E-state index contributed by atoms with van der Waals surface area (Å²) < 4.78 is 7.47. The van der Waals surface area contributed by atoms with Gasteiger partial charge in [-0.1, -0.05) is 36.4 Å². The molecular formula is C21H20N2O. The number of aryl methyl sites for hydroxylation is 1. The number of hydrogen-bond donors (Lipinski definition) is 0. The van der Waals surface area contributed by atoms with E-state index in [4.69, 9.17) is 9.73 Å².